The molecule has 280 valence electrons. The van der Waals surface area contributed by atoms with Gasteiger partial charge >= 0.3 is 23.9 Å². The lowest BCUT2D eigenvalue weighted by Crippen LogP contribution is -2.60. The summed E-state index contributed by atoms with van der Waals surface area (Å²) in [6.45, 7) is 1.58. The maximum atomic E-state index is 12.3. The van der Waals surface area contributed by atoms with Gasteiger partial charge in [-0.3, -0.25) is 38.8 Å². The number of carboxylic acids is 4. The number of nitrogens with two attached hydrogens (primary N) is 4. The average molecular weight is 689 g/mol. The van der Waals surface area contributed by atoms with Gasteiger partial charge in [0, 0.05) is 50.3 Å². The quantitative estimate of drug-likeness (QED) is 0.0596. The predicted molar refractivity (Wildman–Crippen MR) is 184 cm³/mol. The van der Waals surface area contributed by atoms with Crippen molar-refractivity contribution < 1.29 is 39.6 Å². The second-order valence-electron chi connectivity index (χ2n) is 13.0. The number of aliphatic carboxylic acids is 4. The van der Waals surface area contributed by atoms with Crippen molar-refractivity contribution in [1.82, 2.24) is 19.6 Å². The minimum absolute atomic E-state index is 0.241. The summed E-state index contributed by atoms with van der Waals surface area (Å²) in [5.41, 5.74) is 23.2. The number of nitrogens with zero attached hydrogens (tertiary/aromatic N) is 4. The highest BCUT2D eigenvalue weighted by Crippen LogP contribution is 2.24. The lowest BCUT2D eigenvalue weighted by atomic mass is 9.98. The number of unbranched alkanes of at least 4 members (excludes halogenated alkanes) is 4. The first kappa shape index (κ1) is 43.6. The summed E-state index contributed by atoms with van der Waals surface area (Å²) in [4.78, 5) is 56.7. The van der Waals surface area contributed by atoms with E-state index in [4.69, 9.17) is 22.9 Å². The average Bonchev–Trinajstić information content (AvgIpc) is 3.00. The molecule has 1 aliphatic heterocycles. The van der Waals surface area contributed by atoms with E-state index in [1.165, 1.54) is 0 Å². The summed E-state index contributed by atoms with van der Waals surface area (Å²) >= 11 is 0. The van der Waals surface area contributed by atoms with Crippen LogP contribution in [0, 0.1) is 0 Å². The van der Waals surface area contributed by atoms with Crippen molar-refractivity contribution in [2.24, 2.45) is 22.9 Å². The highest BCUT2D eigenvalue weighted by atomic mass is 16.4. The molecule has 4 atom stereocenters. The smallest absolute Gasteiger partial charge is 0.317 e. The van der Waals surface area contributed by atoms with E-state index in [1.807, 2.05) is 19.6 Å². The summed E-state index contributed by atoms with van der Waals surface area (Å²) < 4.78 is 0. The Morgan fingerprint density at radius 3 is 0.729 bits per heavy atom. The third-order valence-corrected chi connectivity index (χ3v) is 9.17. The Kier molecular flexibility index (Phi) is 23.2. The molecule has 1 fully saturated rings. The van der Waals surface area contributed by atoms with Crippen molar-refractivity contribution in [1.29, 1.82) is 0 Å². The fraction of sp³-hybridized carbons (Fsp3) is 0.875. The maximum Gasteiger partial charge on any atom is 0.317 e. The van der Waals surface area contributed by atoms with Crippen LogP contribution in [-0.2, 0) is 19.2 Å². The summed E-state index contributed by atoms with van der Waals surface area (Å²) in [5, 5.41) is 40.3. The van der Waals surface area contributed by atoms with Crippen molar-refractivity contribution >= 4 is 23.9 Å². The third kappa shape index (κ3) is 18.4. The summed E-state index contributed by atoms with van der Waals surface area (Å²) in [5.74, 6) is -4.14. The Hall–Kier alpha value is -2.44. The topological polar surface area (TPSA) is 266 Å². The highest BCUT2D eigenvalue weighted by molar-refractivity contribution is 5.70. The second kappa shape index (κ2) is 25.5. The summed E-state index contributed by atoms with van der Waals surface area (Å²) in [6, 6.07) is -1.50. The Bertz CT molecular complexity index is 789. The van der Waals surface area contributed by atoms with Gasteiger partial charge in [-0.05, 0) is 77.5 Å². The molecule has 0 aromatic heterocycles. The molecule has 16 nitrogen and oxygen atoms in total. The van der Waals surface area contributed by atoms with E-state index < -0.39 is 23.9 Å². The first-order valence-electron chi connectivity index (χ1n) is 17.6. The van der Waals surface area contributed by atoms with Crippen molar-refractivity contribution in [3.8, 4) is 0 Å². The van der Waals surface area contributed by atoms with Crippen LogP contribution in [0.1, 0.15) is 77.0 Å². The molecule has 0 unspecified atom stereocenters. The van der Waals surface area contributed by atoms with Crippen LogP contribution in [0.3, 0.4) is 0 Å². The number of hydrogen-bond donors (Lipinski definition) is 8. The molecule has 0 aliphatic carbocycles. The van der Waals surface area contributed by atoms with Gasteiger partial charge in [0.1, 0.15) is 0 Å². The Balaban J connectivity index is 3.94. The standard InChI is InChI=1S/C32H64N8O8/c33-13-5-1-9-25-17-38(22-30(43)44)27(11-3-7-15-35)19-40(24-32(47)48)28(12-4-8-16-36)20-39(23-31(45)46)26(10-2-6-14-34)18-37(25)21-29(41)42/h25-28H,1-24,33-36H2,(H,41,42)(H,43,44)(H,45,46)(H,47,48)/t25-,26-,27-,28-/m0/s1. The SMILES string of the molecule is NCCCC[C@H]1CN(CC(=O)O)[C@@H](CCCCN)CN(CC(=O)O)[C@@H](CCCCN)CN(CC(=O)O)[C@@H](CCCCN)CN1CC(=O)O. The summed E-state index contributed by atoms with van der Waals surface area (Å²) in [7, 11) is 0. The minimum Gasteiger partial charge on any atom is -0.480 e. The first-order valence-corrected chi connectivity index (χ1v) is 17.6. The largest absolute Gasteiger partial charge is 0.480 e. The lowest BCUT2D eigenvalue weighted by molar-refractivity contribution is -0.144. The van der Waals surface area contributed by atoms with Gasteiger partial charge in [-0.2, -0.15) is 0 Å². The molecule has 1 heterocycles. The molecular weight excluding hydrogens is 624 g/mol. The van der Waals surface area contributed by atoms with Gasteiger partial charge in [0.15, 0.2) is 0 Å². The van der Waals surface area contributed by atoms with Crippen molar-refractivity contribution in [2.75, 3.05) is 78.5 Å². The molecule has 0 spiro atoms. The van der Waals surface area contributed by atoms with E-state index in [9.17, 15) is 39.6 Å². The second-order valence-corrected chi connectivity index (χ2v) is 13.0. The fourth-order valence-electron chi connectivity index (χ4n) is 6.80. The third-order valence-electron chi connectivity index (χ3n) is 9.17. The first-order chi connectivity index (χ1) is 22.9. The van der Waals surface area contributed by atoms with Crippen molar-refractivity contribution in [2.45, 2.75) is 101 Å². The molecule has 1 rings (SSSR count). The molecule has 16 heteroatoms. The van der Waals surface area contributed by atoms with Gasteiger partial charge in [-0.25, -0.2) is 0 Å². The molecule has 0 aromatic rings. The van der Waals surface area contributed by atoms with E-state index >= 15 is 0 Å². The number of rotatable bonds is 24. The number of carboxylic acid groups (broad SMARTS) is 4. The van der Waals surface area contributed by atoms with Crippen LogP contribution in [-0.4, -0.2) is 167 Å². The molecule has 1 aliphatic rings. The Morgan fingerprint density at radius 1 is 0.396 bits per heavy atom. The summed E-state index contributed by atoms with van der Waals surface area (Å²) in [6.07, 6.45) is 7.85. The normalized spacial score (nSPS) is 22.6. The molecule has 0 aromatic carbocycles. The van der Waals surface area contributed by atoms with Crippen LogP contribution >= 0.6 is 0 Å². The maximum absolute atomic E-state index is 12.3. The monoisotopic (exact) mass is 688 g/mol. The Morgan fingerprint density at radius 2 is 0.583 bits per heavy atom. The van der Waals surface area contributed by atoms with E-state index in [1.54, 1.807) is 0 Å². The molecular formula is C32H64N8O8. The van der Waals surface area contributed by atoms with Crippen LogP contribution in [0.25, 0.3) is 0 Å². The fourth-order valence-corrected chi connectivity index (χ4v) is 6.80. The van der Waals surface area contributed by atoms with E-state index in [0.29, 0.717) is 103 Å². The zero-order valence-corrected chi connectivity index (χ0v) is 28.8. The van der Waals surface area contributed by atoms with E-state index in [0.717, 1.165) is 0 Å². The molecule has 0 radical (unpaired) electrons. The molecule has 0 bridgehead atoms. The molecule has 0 amide bonds. The highest BCUT2D eigenvalue weighted by Gasteiger charge is 2.36. The van der Waals surface area contributed by atoms with Crippen LogP contribution in [0.15, 0.2) is 0 Å². The number of carbonyl (C=O) groups is 4. The lowest BCUT2D eigenvalue weighted by Gasteiger charge is -2.45. The zero-order chi connectivity index (χ0) is 35.9. The van der Waals surface area contributed by atoms with Crippen LogP contribution < -0.4 is 22.9 Å². The molecule has 0 saturated carbocycles. The van der Waals surface area contributed by atoms with Gasteiger partial charge in [-0.15, -0.1) is 0 Å². The van der Waals surface area contributed by atoms with Gasteiger partial charge < -0.3 is 43.4 Å². The van der Waals surface area contributed by atoms with Crippen molar-refractivity contribution in [3.63, 3.8) is 0 Å². The van der Waals surface area contributed by atoms with Gasteiger partial charge in [0.25, 0.3) is 0 Å². The van der Waals surface area contributed by atoms with Crippen molar-refractivity contribution in [3.05, 3.63) is 0 Å². The van der Waals surface area contributed by atoms with E-state index in [-0.39, 0.29) is 76.5 Å². The van der Waals surface area contributed by atoms with Gasteiger partial charge in [0.2, 0.25) is 0 Å². The molecule has 12 N–H and O–H groups in total. The predicted octanol–water partition coefficient (Wildman–Crippen LogP) is -0.463. The molecule has 1 saturated heterocycles. The van der Waals surface area contributed by atoms with E-state index in [2.05, 4.69) is 0 Å². The number of hydrogen-bond acceptors (Lipinski definition) is 12. The van der Waals surface area contributed by atoms with Gasteiger partial charge in [-0.1, -0.05) is 25.7 Å². The molecule has 48 heavy (non-hydrogen) atoms. The van der Waals surface area contributed by atoms with Crippen LogP contribution in [0.4, 0.5) is 0 Å². The minimum atomic E-state index is -1.03. The van der Waals surface area contributed by atoms with Gasteiger partial charge in [0.05, 0.1) is 26.2 Å². The Labute approximate surface area is 285 Å². The zero-order valence-electron chi connectivity index (χ0n) is 28.8. The van der Waals surface area contributed by atoms with Crippen LogP contribution in [0.2, 0.25) is 0 Å². The van der Waals surface area contributed by atoms with Crippen LogP contribution in [0.5, 0.6) is 0 Å².